The fourth-order valence-corrected chi connectivity index (χ4v) is 2.39. The monoisotopic (exact) mass is 355 g/mol. The van der Waals surface area contributed by atoms with E-state index in [-0.39, 0.29) is 0 Å². The highest BCUT2D eigenvalue weighted by Gasteiger charge is 2.08. The minimum Gasteiger partial charge on any atom is -0.454 e. The van der Waals surface area contributed by atoms with Crippen molar-refractivity contribution in [3.8, 4) is 17.6 Å². The highest BCUT2D eigenvalue weighted by Crippen LogP contribution is 2.33. The van der Waals surface area contributed by atoms with Gasteiger partial charge in [0, 0.05) is 10.4 Å². The molecule has 0 atom stereocenters. The Labute approximate surface area is 129 Å². The SMILES string of the molecule is N#Cc1cc(CCl)ccc1Oc1ccc(Br)cc1Cl. The van der Waals surface area contributed by atoms with E-state index in [1.165, 1.54) is 0 Å². The van der Waals surface area contributed by atoms with Crippen LogP contribution >= 0.6 is 39.1 Å². The van der Waals surface area contributed by atoms with E-state index < -0.39 is 0 Å². The molecule has 0 aromatic heterocycles. The molecular formula is C14H8BrCl2NO. The lowest BCUT2D eigenvalue weighted by Crippen LogP contribution is -1.91. The Bertz CT molecular complexity index is 652. The Morgan fingerprint density at radius 1 is 1.16 bits per heavy atom. The number of hydrogen-bond donors (Lipinski definition) is 0. The number of alkyl halides is 1. The van der Waals surface area contributed by atoms with Gasteiger partial charge in [-0.05, 0) is 35.9 Å². The number of hydrogen-bond acceptors (Lipinski definition) is 2. The maximum absolute atomic E-state index is 9.12. The van der Waals surface area contributed by atoms with Crippen molar-refractivity contribution in [1.29, 1.82) is 5.26 Å². The summed E-state index contributed by atoms with van der Waals surface area (Å²) in [6, 6.07) is 12.6. The second kappa shape index (κ2) is 6.29. The summed E-state index contributed by atoms with van der Waals surface area (Å²) in [4.78, 5) is 0. The van der Waals surface area contributed by atoms with Crippen LogP contribution in [0.2, 0.25) is 5.02 Å². The van der Waals surface area contributed by atoms with Crippen LogP contribution in [-0.2, 0) is 5.88 Å². The van der Waals surface area contributed by atoms with E-state index in [9.17, 15) is 0 Å². The molecule has 0 aliphatic carbocycles. The Morgan fingerprint density at radius 3 is 2.53 bits per heavy atom. The Kier molecular flexibility index (Phi) is 4.71. The number of rotatable bonds is 3. The highest BCUT2D eigenvalue weighted by molar-refractivity contribution is 9.10. The molecular weight excluding hydrogens is 349 g/mol. The molecule has 0 unspecified atom stereocenters. The molecule has 5 heteroatoms. The van der Waals surface area contributed by atoms with Gasteiger partial charge in [-0.3, -0.25) is 0 Å². The molecule has 2 rings (SSSR count). The topological polar surface area (TPSA) is 33.0 Å². The minimum absolute atomic E-state index is 0.355. The first kappa shape index (κ1) is 14.2. The lowest BCUT2D eigenvalue weighted by atomic mass is 10.1. The summed E-state index contributed by atoms with van der Waals surface area (Å²) in [5, 5.41) is 9.59. The van der Waals surface area contributed by atoms with Crippen LogP contribution < -0.4 is 4.74 Å². The van der Waals surface area contributed by atoms with Gasteiger partial charge in [0.1, 0.15) is 17.6 Å². The summed E-state index contributed by atoms with van der Waals surface area (Å²) < 4.78 is 6.53. The first-order valence-corrected chi connectivity index (χ1v) is 7.06. The summed E-state index contributed by atoms with van der Waals surface area (Å²) in [6.45, 7) is 0. The second-order valence-electron chi connectivity index (χ2n) is 3.75. The summed E-state index contributed by atoms with van der Waals surface area (Å²) in [5.41, 5.74) is 1.30. The van der Waals surface area contributed by atoms with Gasteiger partial charge in [0.2, 0.25) is 0 Å². The van der Waals surface area contributed by atoms with Crippen LogP contribution in [0.1, 0.15) is 11.1 Å². The largest absolute Gasteiger partial charge is 0.454 e. The second-order valence-corrected chi connectivity index (χ2v) is 5.34. The van der Waals surface area contributed by atoms with E-state index in [1.807, 2.05) is 12.1 Å². The van der Waals surface area contributed by atoms with Gasteiger partial charge in [0.15, 0.2) is 0 Å². The molecule has 0 fully saturated rings. The molecule has 0 aliphatic heterocycles. The van der Waals surface area contributed by atoms with Crippen LogP contribution in [0, 0.1) is 11.3 Å². The summed E-state index contributed by atoms with van der Waals surface area (Å²) in [6.07, 6.45) is 0. The van der Waals surface area contributed by atoms with E-state index in [4.69, 9.17) is 33.2 Å². The van der Waals surface area contributed by atoms with Crippen molar-refractivity contribution in [2.45, 2.75) is 5.88 Å². The smallest absolute Gasteiger partial charge is 0.146 e. The van der Waals surface area contributed by atoms with Crippen molar-refractivity contribution in [2.75, 3.05) is 0 Å². The Balaban J connectivity index is 2.35. The van der Waals surface area contributed by atoms with E-state index in [1.54, 1.807) is 24.3 Å². The maximum Gasteiger partial charge on any atom is 0.146 e. The van der Waals surface area contributed by atoms with Crippen LogP contribution in [0.5, 0.6) is 11.5 Å². The average molecular weight is 357 g/mol. The van der Waals surface area contributed by atoms with Crippen molar-refractivity contribution in [2.24, 2.45) is 0 Å². The van der Waals surface area contributed by atoms with Gasteiger partial charge >= 0.3 is 0 Å². The molecule has 19 heavy (non-hydrogen) atoms. The fraction of sp³-hybridized carbons (Fsp3) is 0.0714. The van der Waals surface area contributed by atoms with Gasteiger partial charge < -0.3 is 4.74 Å². The molecule has 0 saturated carbocycles. The van der Waals surface area contributed by atoms with E-state index in [0.29, 0.717) is 28.0 Å². The van der Waals surface area contributed by atoms with Crippen LogP contribution in [0.15, 0.2) is 40.9 Å². The minimum atomic E-state index is 0.355. The van der Waals surface area contributed by atoms with Gasteiger partial charge in [-0.2, -0.15) is 5.26 Å². The molecule has 0 spiro atoms. The zero-order valence-electron chi connectivity index (χ0n) is 9.66. The molecule has 0 heterocycles. The quantitative estimate of drug-likeness (QED) is 0.679. The number of nitrogens with zero attached hydrogens (tertiary/aromatic N) is 1. The molecule has 2 aromatic carbocycles. The number of nitriles is 1. The maximum atomic E-state index is 9.12. The molecule has 2 nitrogen and oxygen atoms in total. The van der Waals surface area contributed by atoms with E-state index in [2.05, 4.69) is 22.0 Å². The van der Waals surface area contributed by atoms with Crippen molar-refractivity contribution < 1.29 is 4.74 Å². The first-order chi connectivity index (χ1) is 9.13. The third kappa shape index (κ3) is 3.42. The lowest BCUT2D eigenvalue weighted by Gasteiger charge is -2.10. The van der Waals surface area contributed by atoms with Gasteiger partial charge in [0.05, 0.1) is 10.6 Å². The van der Waals surface area contributed by atoms with Gasteiger partial charge in [0.25, 0.3) is 0 Å². The molecule has 0 aliphatic rings. The predicted octanol–water partition coefficient (Wildman–Crippen LogP) is 5.51. The predicted molar refractivity (Wildman–Crippen MR) is 79.9 cm³/mol. The van der Waals surface area contributed by atoms with Crippen LogP contribution in [0.25, 0.3) is 0 Å². The van der Waals surface area contributed by atoms with Crippen molar-refractivity contribution in [3.63, 3.8) is 0 Å². The molecule has 96 valence electrons. The average Bonchev–Trinajstić information content (AvgIpc) is 2.42. The Hall–Kier alpha value is -1.21. The van der Waals surface area contributed by atoms with E-state index >= 15 is 0 Å². The molecule has 2 aromatic rings. The third-order valence-electron chi connectivity index (χ3n) is 2.43. The third-order valence-corrected chi connectivity index (χ3v) is 3.53. The molecule has 0 radical (unpaired) electrons. The Morgan fingerprint density at radius 2 is 1.89 bits per heavy atom. The summed E-state index contributed by atoms with van der Waals surface area (Å²) in [7, 11) is 0. The van der Waals surface area contributed by atoms with E-state index in [0.717, 1.165) is 10.0 Å². The normalized spacial score (nSPS) is 10.0. The summed E-state index contributed by atoms with van der Waals surface area (Å²) in [5.74, 6) is 1.31. The zero-order valence-corrected chi connectivity index (χ0v) is 12.8. The van der Waals surface area contributed by atoms with Gasteiger partial charge in [-0.25, -0.2) is 0 Å². The number of benzene rings is 2. The molecule has 0 bridgehead atoms. The highest BCUT2D eigenvalue weighted by atomic mass is 79.9. The first-order valence-electron chi connectivity index (χ1n) is 5.36. The van der Waals surface area contributed by atoms with Crippen LogP contribution in [-0.4, -0.2) is 0 Å². The number of ether oxygens (including phenoxy) is 1. The van der Waals surface area contributed by atoms with Gasteiger partial charge in [-0.1, -0.05) is 33.6 Å². The molecule has 0 amide bonds. The van der Waals surface area contributed by atoms with Crippen LogP contribution in [0.4, 0.5) is 0 Å². The van der Waals surface area contributed by atoms with Crippen molar-refractivity contribution >= 4 is 39.1 Å². The lowest BCUT2D eigenvalue weighted by molar-refractivity contribution is 0.481. The van der Waals surface area contributed by atoms with Gasteiger partial charge in [-0.15, -0.1) is 11.6 Å². The van der Waals surface area contributed by atoms with Crippen molar-refractivity contribution in [1.82, 2.24) is 0 Å². The van der Waals surface area contributed by atoms with Crippen molar-refractivity contribution in [3.05, 3.63) is 57.0 Å². The van der Waals surface area contributed by atoms with Crippen LogP contribution in [0.3, 0.4) is 0 Å². The fourth-order valence-electron chi connectivity index (χ4n) is 1.51. The number of halogens is 3. The molecule has 0 N–H and O–H groups in total. The molecule has 0 saturated heterocycles. The standard InChI is InChI=1S/C14H8BrCl2NO/c15-11-2-4-14(12(17)6-11)19-13-3-1-9(7-16)5-10(13)8-18/h1-6H,7H2. The zero-order chi connectivity index (χ0) is 13.8. The summed E-state index contributed by atoms with van der Waals surface area (Å²) >= 11 is 15.1.